The standard InChI is InChI=1S/C16H12FNO4/c1-20-13-6-4-11(17)8-12(13)16(19)22-14-5-3-10(9-18)7-15(14)21-2/h3-8H,1-2H3. The molecule has 6 heteroatoms. The highest BCUT2D eigenvalue weighted by atomic mass is 19.1. The predicted molar refractivity (Wildman–Crippen MR) is 75.6 cm³/mol. The molecule has 2 aromatic rings. The number of carbonyl (C=O) groups excluding carboxylic acids is 1. The summed E-state index contributed by atoms with van der Waals surface area (Å²) in [6.07, 6.45) is 0. The van der Waals surface area contributed by atoms with Crippen LogP contribution in [0.4, 0.5) is 4.39 Å². The molecule has 0 atom stereocenters. The van der Waals surface area contributed by atoms with Crippen LogP contribution in [0.5, 0.6) is 17.2 Å². The van der Waals surface area contributed by atoms with Gasteiger partial charge >= 0.3 is 5.97 Å². The van der Waals surface area contributed by atoms with E-state index in [1.165, 1.54) is 44.6 Å². The molecule has 2 aromatic carbocycles. The molecule has 0 aliphatic heterocycles. The second-order valence-electron chi connectivity index (χ2n) is 4.21. The lowest BCUT2D eigenvalue weighted by Gasteiger charge is -2.11. The zero-order valence-corrected chi connectivity index (χ0v) is 11.9. The maximum atomic E-state index is 13.3. The van der Waals surface area contributed by atoms with Gasteiger partial charge in [-0.25, -0.2) is 9.18 Å². The first kappa shape index (κ1) is 15.3. The highest BCUT2D eigenvalue weighted by Crippen LogP contribution is 2.30. The van der Waals surface area contributed by atoms with Crippen molar-refractivity contribution in [3.8, 4) is 23.3 Å². The third-order valence-electron chi connectivity index (χ3n) is 2.88. The molecule has 0 N–H and O–H groups in total. The van der Waals surface area contributed by atoms with Crippen molar-refractivity contribution in [1.29, 1.82) is 5.26 Å². The van der Waals surface area contributed by atoms with Gasteiger partial charge in [0.05, 0.1) is 25.9 Å². The predicted octanol–water partition coefficient (Wildman–Crippen LogP) is 2.93. The summed E-state index contributed by atoms with van der Waals surface area (Å²) in [7, 11) is 2.75. The van der Waals surface area contributed by atoms with Gasteiger partial charge in [0.2, 0.25) is 0 Å². The summed E-state index contributed by atoms with van der Waals surface area (Å²) in [6, 6.07) is 9.84. The molecule has 0 aliphatic rings. The van der Waals surface area contributed by atoms with E-state index in [0.29, 0.717) is 5.56 Å². The maximum Gasteiger partial charge on any atom is 0.347 e. The van der Waals surface area contributed by atoms with E-state index in [0.717, 1.165) is 6.07 Å². The van der Waals surface area contributed by atoms with E-state index in [4.69, 9.17) is 19.5 Å². The first-order valence-corrected chi connectivity index (χ1v) is 6.23. The highest BCUT2D eigenvalue weighted by molar-refractivity contribution is 5.94. The SMILES string of the molecule is COc1cc(C#N)ccc1OC(=O)c1cc(F)ccc1OC. The summed E-state index contributed by atoms with van der Waals surface area (Å²) in [5, 5.41) is 8.84. The van der Waals surface area contributed by atoms with E-state index in [-0.39, 0.29) is 22.8 Å². The Hall–Kier alpha value is -3.07. The summed E-state index contributed by atoms with van der Waals surface area (Å²) >= 11 is 0. The van der Waals surface area contributed by atoms with Crippen molar-refractivity contribution in [3.05, 3.63) is 53.3 Å². The van der Waals surface area contributed by atoms with Crippen LogP contribution in [0.2, 0.25) is 0 Å². The fraction of sp³-hybridized carbons (Fsp3) is 0.125. The van der Waals surface area contributed by atoms with E-state index >= 15 is 0 Å². The average Bonchev–Trinajstić information content (AvgIpc) is 2.55. The van der Waals surface area contributed by atoms with Crippen LogP contribution in [-0.2, 0) is 0 Å². The number of methoxy groups -OCH3 is 2. The van der Waals surface area contributed by atoms with Crippen molar-refractivity contribution >= 4 is 5.97 Å². The Morgan fingerprint density at radius 1 is 1.05 bits per heavy atom. The quantitative estimate of drug-likeness (QED) is 0.641. The number of hydrogen-bond acceptors (Lipinski definition) is 5. The second-order valence-corrected chi connectivity index (χ2v) is 4.21. The van der Waals surface area contributed by atoms with Gasteiger partial charge in [0.25, 0.3) is 0 Å². The number of ether oxygens (including phenoxy) is 3. The van der Waals surface area contributed by atoms with Crippen molar-refractivity contribution in [2.45, 2.75) is 0 Å². The van der Waals surface area contributed by atoms with E-state index in [2.05, 4.69) is 0 Å². The molecule has 0 amide bonds. The molecule has 0 radical (unpaired) electrons. The fourth-order valence-corrected chi connectivity index (χ4v) is 1.82. The lowest BCUT2D eigenvalue weighted by Crippen LogP contribution is -2.11. The van der Waals surface area contributed by atoms with Crippen molar-refractivity contribution in [1.82, 2.24) is 0 Å². The number of esters is 1. The Labute approximate surface area is 126 Å². The van der Waals surface area contributed by atoms with Crippen LogP contribution in [-0.4, -0.2) is 20.2 Å². The Kier molecular flexibility index (Phi) is 4.59. The minimum absolute atomic E-state index is 0.0473. The molecule has 2 rings (SSSR count). The molecule has 0 unspecified atom stereocenters. The number of rotatable bonds is 4. The number of hydrogen-bond donors (Lipinski definition) is 0. The maximum absolute atomic E-state index is 13.3. The summed E-state index contributed by atoms with van der Waals surface area (Å²) in [4.78, 5) is 12.2. The van der Waals surface area contributed by atoms with Crippen molar-refractivity contribution < 1.29 is 23.4 Å². The van der Waals surface area contributed by atoms with Gasteiger partial charge in [0, 0.05) is 6.07 Å². The number of halogens is 1. The average molecular weight is 301 g/mol. The van der Waals surface area contributed by atoms with E-state index in [1.54, 1.807) is 0 Å². The molecule has 112 valence electrons. The lowest BCUT2D eigenvalue weighted by molar-refractivity contribution is 0.0725. The van der Waals surface area contributed by atoms with Crippen LogP contribution in [0, 0.1) is 17.1 Å². The zero-order valence-electron chi connectivity index (χ0n) is 11.9. The Bertz CT molecular complexity index is 752. The minimum Gasteiger partial charge on any atom is -0.496 e. The number of nitriles is 1. The van der Waals surface area contributed by atoms with Gasteiger partial charge in [-0.3, -0.25) is 0 Å². The fourth-order valence-electron chi connectivity index (χ4n) is 1.82. The van der Waals surface area contributed by atoms with E-state index in [9.17, 15) is 9.18 Å². The molecule has 0 heterocycles. The number of carbonyl (C=O) groups is 1. The van der Waals surface area contributed by atoms with Crippen LogP contribution >= 0.6 is 0 Å². The zero-order chi connectivity index (χ0) is 16.1. The molecule has 0 bridgehead atoms. The van der Waals surface area contributed by atoms with Crippen LogP contribution in [0.3, 0.4) is 0 Å². The third kappa shape index (κ3) is 3.15. The molecule has 0 saturated carbocycles. The minimum atomic E-state index is -0.792. The lowest BCUT2D eigenvalue weighted by atomic mass is 10.2. The Morgan fingerprint density at radius 2 is 1.73 bits per heavy atom. The van der Waals surface area contributed by atoms with Crippen LogP contribution in [0.25, 0.3) is 0 Å². The molecule has 0 aromatic heterocycles. The van der Waals surface area contributed by atoms with Crippen molar-refractivity contribution in [2.75, 3.05) is 14.2 Å². The molecule has 22 heavy (non-hydrogen) atoms. The normalized spacial score (nSPS) is 9.73. The number of nitrogens with zero attached hydrogens (tertiary/aromatic N) is 1. The van der Waals surface area contributed by atoms with Gasteiger partial charge in [0.1, 0.15) is 17.1 Å². The Morgan fingerprint density at radius 3 is 2.36 bits per heavy atom. The molecule has 5 nitrogen and oxygen atoms in total. The smallest absolute Gasteiger partial charge is 0.347 e. The molecular formula is C16H12FNO4. The topological polar surface area (TPSA) is 68.5 Å². The van der Waals surface area contributed by atoms with Gasteiger partial charge in [0.15, 0.2) is 11.5 Å². The first-order chi connectivity index (χ1) is 10.6. The van der Waals surface area contributed by atoms with Crippen molar-refractivity contribution in [2.24, 2.45) is 0 Å². The number of benzene rings is 2. The third-order valence-corrected chi connectivity index (χ3v) is 2.88. The molecule has 0 aliphatic carbocycles. The van der Waals surface area contributed by atoms with Crippen LogP contribution in [0.1, 0.15) is 15.9 Å². The molecule has 0 fully saturated rings. The van der Waals surface area contributed by atoms with Crippen molar-refractivity contribution in [3.63, 3.8) is 0 Å². The van der Waals surface area contributed by atoms with E-state index in [1.807, 2.05) is 6.07 Å². The molecule has 0 saturated heterocycles. The monoisotopic (exact) mass is 301 g/mol. The summed E-state index contributed by atoms with van der Waals surface area (Å²) in [5.74, 6) is -0.835. The highest BCUT2D eigenvalue weighted by Gasteiger charge is 2.18. The van der Waals surface area contributed by atoms with Gasteiger partial charge < -0.3 is 14.2 Å². The first-order valence-electron chi connectivity index (χ1n) is 6.23. The Balaban J connectivity index is 2.33. The molecular weight excluding hydrogens is 289 g/mol. The largest absolute Gasteiger partial charge is 0.496 e. The van der Waals surface area contributed by atoms with Gasteiger partial charge in [-0.05, 0) is 30.3 Å². The van der Waals surface area contributed by atoms with Gasteiger partial charge in [-0.2, -0.15) is 5.26 Å². The summed E-state index contributed by atoms with van der Waals surface area (Å²) < 4.78 is 28.6. The van der Waals surface area contributed by atoms with Gasteiger partial charge in [-0.15, -0.1) is 0 Å². The second kappa shape index (κ2) is 6.59. The summed E-state index contributed by atoms with van der Waals surface area (Å²) in [6.45, 7) is 0. The summed E-state index contributed by atoms with van der Waals surface area (Å²) in [5.41, 5.74) is 0.314. The van der Waals surface area contributed by atoms with Crippen LogP contribution < -0.4 is 14.2 Å². The molecule has 0 spiro atoms. The van der Waals surface area contributed by atoms with Gasteiger partial charge in [-0.1, -0.05) is 0 Å². The van der Waals surface area contributed by atoms with E-state index < -0.39 is 11.8 Å². The van der Waals surface area contributed by atoms with Crippen LogP contribution in [0.15, 0.2) is 36.4 Å².